The van der Waals surface area contributed by atoms with E-state index in [0.717, 1.165) is 19.0 Å². The second-order valence-electron chi connectivity index (χ2n) is 7.69. The van der Waals surface area contributed by atoms with Crippen molar-refractivity contribution in [2.45, 2.75) is 46.1 Å². The molecule has 0 atom stereocenters. The Bertz CT molecular complexity index is 562. The van der Waals surface area contributed by atoms with E-state index in [0.29, 0.717) is 11.3 Å². The number of nitrogens with zero attached hydrogens (tertiary/aromatic N) is 2. The van der Waals surface area contributed by atoms with Gasteiger partial charge in [-0.3, -0.25) is 4.79 Å². The molecule has 2 rings (SSSR count). The summed E-state index contributed by atoms with van der Waals surface area (Å²) in [5.41, 5.74) is 0.394. The first kappa shape index (κ1) is 19.8. The summed E-state index contributed by atoms with van der Waals surface area (Å²) in [6.45, 7) is 6.41. The highest BCUT2D eigenvalue weighted by Gasteiger charge is 2.37. The third-order valence-electron chi connectivity index (χ3n) is 4.77. The highest BCUT2D eigenvalue weighted by molar-refractivity contribution is 7.09. The van der Waals surface area contributed by atoms with Crippen LogP contribution in [0.2, 0.25) is 0 Å². The number of rotatable bonds is 8. The lowest BCUT2D eigenvalue weighted by atomic mass is 9.64. The van der Waals surface area contributed by atoms with Crippen molar-refractivity contribution in [2.75, 3.05) is 27.2 Å². The molecule has 0 spiro atoms. The van der Waals surface area contributed by atoms with Crippen LogP contribution in [0.4, 0.5) is 0 Å². The molecular formula is C19H32N4OS. The Labute approximate surface area is 155 Å². The maximum Gasteiger partial charge on any atom is 0.243 e. The van der Waals surface area contributed by atoms with Crippen LogP contribution in [-0.4, -0.2) is 44.0 Å². The van der Waals surface area contributed by atoms with E-state index in [1.54, 1.807) is 30.3 Å². The van der Waals surface area contributed by atoms with Crippen molar-refractivity contribution in [1.82, 2.24) is 15.5 Å². The van der Waals surface area contributed by atoms with Crippen molar-refractivity contribution in [3.63, 3.8) is 0 Å². The first-order chi connectivity index (χ1) is 11.9. The lowest BCUT2D eigenvalue weighted by Gasteiger charge is -2.43. The van der Waals surface area contributed by atoms with Gasteiger partial charge in [-0.2, -0.15) is 0 Å². The first-order valence-electron chi connectivity index (χ1n) is 9.15. The number of aliphatic imine (C=N–C) groups is 1. The van der Waals surface area contributed by atoms with Gasteiger partial charge in [-0.05, 0) is 42.0 Å². The molecule has 1 aromatic heterocycles. The molecule has 1 saturated carbocycles. The summed E-state index contributed by atoms with van der Waals surface area (Å²) in [5.74, 6) is 1.45. The maximum atomic E-state index is 11.9. The Balaban J connectivity index is 1.95. The third kappa shape index (κ3) is 6.34. The lowest BCUT2D eigenvalue weighted by molar-refractivity contribution is -0.127. The van der Waals surface area contributed by atoms with Crippen molar-refractivity contribution in [3.8, 4) is 0 Å². The number of likely N-dealkylation sites (N-methyl/N-ethyl adjacent to an activating group) is 1. The molecular weight excluding hydrogens is 332 g/mol. The predicted molar refractivity (Wildman–Crippen MR) is 106 cm³/mol. The molecule has 2 N–H and O–H groups in total. The molecule has 0 saturated heterocycles. The van der Waals surface area contributed by atoms with E-state index in [1.165, 1.54) is 30.6 Å². The topological polar surface area (TPSA) is 56.7 Å². The van der Waals surface area contributed by atoms with Crippen molar-refractivity contribution in [2.24, 2.45) is 16.3 Å². The molecule has 0 unspecified atom stereocenters. The molecule has 1 amide bonds. The highest BCUT2D eigenvalue weighted by atomic mass is 32.1. The Morgan fingerprint density at radius 1 is 1.36 bits per heavy atom. The summed E-state index contributed by atoms with van der Waals surface area (Å²) >= 11 is 1.72. The molecule has 0 aromatic carbocycles. The van der Waals surface area contributed by atoms with E-state index in [9.17, 15) is 4.79 Å². The van der Waals surface area contributed by atoms with Gasteiger partial charge in [-0.25, -0.2) is 4.99 Å². The van der Waals surface area contributed by atoms with E-state index >= 15 is 0 Å². The van der Waals surface area contributed by atoms with Crippen LogP contribution in [0.5, 0.6) is 0 Å². The standard InChI is InChI=1S/C19H32N4OS/c1-15(2)11-19(8-6-9-19)14-22-18(21-13-17(24)23(3)4)20-12-16-7-5-10-25-16/h5,7,10,15H,6,8-9,11-14H2,1-4H3,(H2,20,21,22). The molecule has 5 nitrogen and oxygen atoms in total. The normalized spacial score (nSPS) is 16.4. The summed E-state index contributed by atoms with van der Waals surface area (Å²) < 4.78 is 0. The van der Waals surface area contributed by atoms with Crippen LogP contribution in [0.25, 0.3) is 0 Å². The summed E-state index contributed by atoms with van der Waals surface area (Å²) in [4.78, 5) is 19.2. The monoisotopic (exact) mass is 364 g/mol. The average Bonchev–Trinajstić information content (AvgIpc) is 3.03. The molecule has 0 radical (unpaired) electrons. The van der Waals surface area contributed by atoms with Crippen molar-refractivity contribution in [3.05, 3.63) is 22.4 Å². The second-order valence-corrected chi connectivity index (χ2v) is 8.72. The van der Waals surface area contributed by atoms with Gasteiger partial charge in [-0.1, -0.05) is 26.3 Å². The van der Waals surface area contributed by atoms with Gasteiger partial charge in [0.05, 0.1) is 6.54 Å². The van der Waals surface area contributed by atoms with Crippen LogP contribution in [0, 0.1) is 11.3 Å². The third-order valence-corrected chi connectivity index (χ3v) is 5.64. The van der Waals surface area contributed by atoms with Crippen LogP contribution < -0.4 is 10.6 Å². The Kier molecular flexibility index (Phi) is 7.29. The second kappa shape index (κ2) is 9.22. The van der Waals surface area contributed by atoms with Gasteiger partial charge in [0, 0.05) is 25.5 Å². The fourth-order valence-electron chi connectivity index (χ4n) is 3.31. The van der Waals surface area contributed by atoms with E-state index in [1.807, 2.05) is 6.07 Å². The Hall–Kier alpha value is -1.56. The fraction of sp³-hybridized carbons (Fsp3) is 0.684. The van der Waals surface area contributed by atoms with E-state index in [4.69, 9.17) is 0 Å². The van der Waals surface area contributed by atoms with Gasteiger partial charge in [0.1, 0.15) is 6.54 Å². The zero-order valence-corrected chi connectivity index (χ0v) is 16.8. The number of hydrogen-bond acceptors (Lipinski definition) is 3. The highest BCUT2D eigenvalue weighted by Crippen LogP contribution is 2.45. The zero-order chi connectivity index (χ0) is 18.3. The molecule has 0 aliphatic heterocycles. The summed E-state index contributed by atoms with van der Waals surface area (Å²) in [6.07, 6.45) is 5.14. The maximum absolute atomic E-state index is 11.9. The summed E-state index contributed by atoms with van der Waals surface area (Å²) in [7, 11) is 3.52. The largest absolute Gasteiger partial charge is 0.356 e. The Morgan fingerprint density at radius 2 is 2.12 bits per heavy atom. The van der Waals surface area contributed by atoms with Crippen LogP contribution in [0.15, 0.2) is 22.5 Å². The van der Waals surface area contributed by atoms with Crippen molar-refractivity contribution >= 4 is 23.2 Å². The number of thiophene rings is 1. The number of carbonyl (C=O) groups excluding carboxylic acids is 1. The fourth-order valence-corrected chi connectivity index (χ4v) is 3.96. The molecule has 1 fully saturated rings. The summed E-state index contributed by atoms with van der Waals surface area (Å²) in [5, 5.41) is 8.94. The van der Waals surface area contributed by atoms with Crippen LogP contribution in [-0.2, 0) is 11.3 Å². The first-order valence-corrected chi connectivity index (χ1v) is 10.0. The molecule has 0 bridgehead atoms. The molecule has 1 aliphatic carbocycles. The minimum absolute atomic E-state index is 0.0118. The molecule has 25 heavy (non-hydrogen) atoms. The van der Waals surface area contributed by atoms with Crippen molar-refractivity contribution < 1.29 is 4.79 Å². The van der Waals surface area contributed by atoms with Gasteiger partial charge < -0.3 is 15.5 Å². The SMILES string of the molecule is CC(C)CC1(CNC(=NCC(=O)N(C)C)NCc2cccs2)CCC1. The molecule has 1 heterocycles. The van der Waals surface area contributed by atoms with Gasteiger partial charge in [-0.15, -0.1) is 11.3 Å². The lowest BCUT2D eigenvalue weighted by Crippen LogP contribution is -2.47. The number of amides is 1. The zero-order valence-electron chi connectivity index (χ0n) is 16.0. The van der Waals surface area contributed by atoms with E-state index in [-0.39, 0.29) is 12.5 Å². The minimum atomic E-state index is 0.0118. The molecule has 1 aliphatic rings. The van der Waals surface area contributed by atoms with E-state index < -0.39 is 0 Å². The Morgan fingerprint density at radius 3 is 2.64 bits per heavy atom. The molecule has 140 valence electrons. The smallest absolute Gasteiger partial charge is 0.243 e. The number of nitrogens with one attached hydrogen (secondary N) is 2. The van der Waals surface area contributed by atoms with Crippen molar-refractivity contribution in [1.29, 1.82) is 0 Å². The van der Waals surface area contributed by atoms with Gasteiger partial charge in [0.15, 0.2) is 5.96 Å². The van der Waals surface area contributed by atoms with Gasteiger partial charge in [0.25, 0.3) is 0 Å². The van der Waals surface area contributed by atoms with Gasteiger partial charge >= 0.3 is 0 Å². The number of hydrogen-bond donors (Lipinski definition) is 2. The van der Waals surface area contributed by atoms with Crippen LogP contribution >= 0.6 is 11.3 Å². The minimum Gasteiger partial charge on any atom is -0.356 e. The quantitative estimate of drug-likeness (QED) is 0.550. The number of guanidine groups is 1. The average molecular weight is 365 g/mol. The predicted octanol–water partition coefficient (Wildman–Crippen LogP) is 3.09. The molecule has 1 aromatic rings. The van der Waals surface area contributed by atoms with Crippen LogP contribution in [0.1, 0.15) is 44.4 Å². The number of carbonyl (C=O) groups is 1. The molecule has 6 heteroatoms. The summed E-state index contributed by atoms with van der Waals surface area (Å²) in [6, 6.07) is 4.15. The van der Waals surface area contributed by atoms with E-state index in [2.05, 4.69) is 40.9 Å². The van der Waals surface area contributed by atoms with Gasteiger partial charge in [0.2, 0.25) is 5.91 Å². The van der Waals surface area contributed by atoms with Crippen LogP contribution in [0.3, 0.4) is 0 Å².